The van der Waals surface area contributed by atoms with Crippen LogP contribution in [0.1, 0.15) is 31.9 Å². The number of nitrogens with zero attached hydrogens (tertiary/aromatic N) is 1. The van der Waals surface area contributed by atoms with E-state index in [-0.39, 0.29) is 18.1 Å². The zero-order valence-corrected chi connectivity index (χ0v) is 12.6. The molecular formula is C16H23N3O2. The maximum atomic E-state index is 12.0. The van der Waals surface area contributed by atoms with Crippen LogP contribution in [-0.2, 0) is 4.79 Å². The molecule has 0 spiro atoms. The Kier molecular flexibility index (Phi) is 3.87. The lowest BCUT2D eigenvalue weighted by atomic mass is 9.95. The van der Waals surface area contributed by atoms with E-state index in [1.54, 1.807) is 0 Å². The number of nitrogens with one attached hydrogen (secondary N) is 2. The number of aliphatic hydroxyl groups excluding tert-OH is 1. The maximum absolute atomic E-state index is 12.0. The van der Waals surface area contributed by atoms with Crippen molar-refractivity contribution in [2.24, 2.45) is 5.92 Å². The summed E-state index contributed by atoms with van der Waals surface area (Å²) in [5.41, 5.74) is 2.96. The maximum Gasteiger partial charge on any atom is 0.246 e. The molecule has 114 valence electrons. The molecule has 0 saturated carbocycles. The van der Waals surface area contributed by atoms with E-state index in [9.17, 15) is 9.90 Å². The van der Waals surface area contributed by atoms with Crippen LogP contribution in [0.2, 0.25) is 0 Å². The molecule has 2 heterocycles. The van der Waals surface area contributed by atoms with Gasteiger partial charge in [-0.15, -0.1) is 0 Å². The number of fused-ring (bicyclic) bond motifs is 1. The number of rotatable bonds is 3. The molecule has 1 aromatic carbocycles. The fraction of sp³-hybridized carbons (Fsp3) is 0.562. The Hall–Kier alpha value is -1.59. The summed E-state index contributed by atoms with van der Waals surface area (Å²) in [4.78, 5) is 14.2. The van der Waals surface area contributed by atoms with Crippen LogP contribution in [0.15, 0.2) is 18.2 Å². The molecule has 2 aliphatic heterocycles. The third kappa shape index (κ3) is 2.63. The number of hydrogen-bond acceptors (Lipinski definition) is 4. The first-order chi connectivity index (χ1) is 10.1. The molecule has 1 saturated heterocycles. The number of benzene rings is 1. The number of carbonyl (C=O) groups excluding carboxylic acids is 1. The van der Waals surface area contributed by atoms with Gasteiger partial charge in [-0.2, -0.15) is 0 Å². The zero-order valence-electron chi connectivity index (χ0n) is 12.6. The van der Waals surface area contributed by atoms with Gasteiger partial charge in [0.15, 0.2) is 0 Å². The number of piperidine rings is 1. The Labute approximate surface area is 125 Å². The van der Waals surface area contributed by atoms with Crippen LogP contribution in [-0.4, -0.2) is 36.8 Å². The fourth-order valence-corrected chi connectivity index (χ4v) is 3.14. The topological polar surface area (TPSA) is 64.6 Å². The smallest absolute Gasteiger partial charge is 0.246 e. The lowest BCUT2D eigenvalue weighted by molar-refractivity contribution is -0.117. The van der Waals surface area contributed by atoms with Crippen molar-refractivity contribution in [3.05, 3.63) is 23.8 Å². The van der Waals surface area contributed by atoms with Crippen LogP contribution in [0.3, 0.4) is 0 Å². The van der Waals surface area contributed by atoms with E-state index in [0.717, 1.165) is 36.4 Å². The van der Waals surface area contributed by atoms with Gasteiger partial charge in [0, 0.05) is 30.0 Å². The molecule has 0 aliphatic carbocycles. The highest BCUT2D eigenvalue weighted by Gasteiger charge is 2.31. The highest BCUT2D eigenvalue weighted by atomic mass is 16.3. The zero-order chi connectivity index (χ0) is 15.0. The Morgan fingerprint density at radius 2 is 2.29 bits per heavy atom. The third-order valence-electron chi connectivity index (χ3n) is 4.56. The van der Waals surface area contributed by atoms with Gasteiger partial charge in [-0.05, 0) is 31.0 Å². The first-order valence-corrected chi connectivity index (χ1v) is 7.71. The minimum absolute atomic E-state index is 0.0105. The number of amides is 1. The Morgan fingerprint density at radius 1 is 1.48 bits per heavy atom. The average Bonchev–Trinajstić information content (AvgIpc) is 2.78. The minimum Gasteiger partial charge on any atom is -0.391 e. The standard InChI is InChI=1S/C16H23N3O2/c1-3-17-15-12-5-4-11(8-13(12)18-16(15)21)19-7-6-10(2)14(20)9-19/h4-5,8,10,14-15,17,20H,3,6-7,9H2,1-2H3,(H,18,21). The second kappa shape index (κ2) is 5.66. The average molecular weight is 289 g/mol. The van der Waals surface area contributed by atoms with E-state index in [0.29, 0.717) is 12.5 Å². The molecule has 0 bridgehead atoms. The molecule has 3 rings (SSSR count). The van der Waals surface area contributed by atoms with E-state index in [1.165, 1.54) is 0 Å². The van der Waals surface area contributed by atoms with Gasteiger partial charge in [0.2, 0.25) is 5.91 Å². The highest BCUT2D eigenvalue weighted by molar-refractivity contribution is 6.03. The lowest BCUT2D eigenvalue weighted by Gasteiger charge is -2.36. The van der Waals surface area contributed by atoms with Gasteiger partial charge < -0.3 is 20.6 Å². The number of likely N-dealkylation sites (N-methyl/N-ethyl adjacent to an activating group) is 1. The van der Waals surface area contributed by atoms with Crippen molar-refractivity contribution in [1.82, 2.24) is 5.32 Å². The van der Waals surface area contributed by atoms with Crippen molar-refractivity contribution in [3.63, 3.8) is 0 Å². The van der Waals surface area contributed by atoms with Gasteiger partial charge in [-0.3, -0.25) is 4.79 Å². The van der Waals surface area contributed by atoms with Crippen LogP contribution < -0.4 is 15.5 Å². The quantitative estimate of drug-likeness (QED) is 0.789. The number of carbonyl (C=O) groups is 1. The normalized spacial score (nSPS) is 28.4. The molecule has 0 radical (unpaired) electrons. The van der Waals surface area contributed by atoms with E-state index < -0.39 is 0 Å². The van der Waals surface area contributed by atoms with Crippen LogP contribution in [0.25, 0.3) is 0 Å². The number of hydrogen-bond donors (Lipinski definition) is 3. The lowest BCUT2D eigenvalue weighted by Crippen LogP contribution is -2.42. The van der Waals surface area contributed by atoms with Crippen LogP contribution >= 0.6 is 0 Å². The summed E-state index contributed by atoms with van der Waals surface area (Å²) in [6.45, 7) is 6.45. The molecule has 1 aromatic rings. The van der Waals surface area contributed by atoms with Gasteiger partial charge in [-0.1, -0.05) is 19.9 Å². The molecule has 5 heteroatoms. The van der Waals surface area contributed by atoms with Gasteiger partial charge in [-0.25, -0.2) is 0 Å². The molecule has 3 atom stereocenters. The van der Waals surface area contributed by atoms with E-state index in [1.807, 2.05) is 25.1 Å². The molecule has 3 N–H and O–H groups in total. The fourth-order valence-electron chi connectivity index (χ4n) is 3.14. The largest absolute Gasteiger partial charge is 0.391 e. The summed E-state index contributed by atoms with van der Waals surface area (Å²) in [6.07, 6.45) is 0.709. The van der Waals surface area contributed by atoms with Gasteiger partial charge in [0.1, 0.15) is 6.04 Å². The molecule has 0 aromatic heterocycles. The Morgan fingerprint density at radius 3 is 3.00 bits per heavy atom. The first-order valence-electron chi connectivity index (χ1n) is 7.71. The van der Waals surface area contributed by atoms with Gasteiger partial charge in [0.05, 0.1) is 6.10 Å². The van der Waals surface area contributed by atoms with Crippen molar-refractivity contribution < 1.29 is 9.90 Å². The van der Waals surface area contributed by atoms with E-state index in [4.69, 9.17) is 0 Å². The predicted molar refractivity (Wildman–Crippen MR) is 83.5 cm³/mol. The highest BCUT2D eigenvalue weighted by Crippen LogP contribution is 2.35. The van der Waals surface area contributed by atoms with Crippen molar-refractivity contribution in [2.75, 3.05) is 29.9 Å². The van der Waals surface area contributed by atoms with E-state index >= 15 is 0 Å². The Balaban J connectivity index is 1.81. The summed E-state index contributed by atoms with van der Waals surface area (Å²) in [5.74, 6) is 0.366. The van der Waals surface area contributed by atoms with Gasteiger partial charge >= 0.3 is 0 Å². The Bertz CT molecular complexity index is 546. The monoisotopic (exact) mass is 289 g/mol. The first kappa shape index (κ1) is 14.4. The number of β-amino-alcohol motifs (C(OH)–C–C–N with tert-alkyl or cyclic N) is 1. The summed E-state index contributed by atoms with van der Waals surface area (Å²) in [5, 5.41) is 16.2. The van der Waals surface area contributed by atoms with Crippen molar-refractivity contribution in [3.8, 4) is 0 Å². The summed E-state index contributed by atoms with van der Waals surface area (Å²) >= 11 is 0. The van der Waals surface area contributed by atoms with Gasteiger partial charge in [0.25, 0.3) is 0 Å². The minimum atomic E-state index is -0.281. The summed E-state index contributed by atoms with van der Waals surface area (Å²) in [6, 6.07) is 5.84. The second-order valence-electron chi connectivity index (χ2n) is 6.03. The van der Waals surface area contributed by atoms with E-state index in [2.05, 4.69) is 22.5 Å². The molecule has 3 unspecified atom stereocenters. The number of anilines is 2. The summed E-state index contributed by atoms with van der Waals surface area (Å²) < 4.78 is 0. The predicted octanol–water partition coefficient (Wildman–Crippen LogP) is 1.50. The van der Waals surface area contributed by atoms with Crippen molar-refractivity contribution in [1.29, 1.82) is 0 Å². The van der Waals surface area contributed by atoms with Crippen LogP contribution in [0.4, 0.5) is 11.4 Å². The van der Waals surface area contributed by atoms with Crippen molar-refractivity contribution in [2.45, 2.75) is 32.4 Å². The molecule has 1 fully saturated rings. The SMILES string of the molecule is CCNC1C(=O)Nc2cc(N3CCC(C)C(O)C3)ccc21. The molecule has 21 heavy (non-hydrogen) atoms. The van der Waals surface area contributed by atoms with Crippen molar-refractivity contribution >= 4 is 17.3 Å². The van der Waals surface area contributed by atoms with Crippen LogP contribution in [0, 0.1) is 5.92 Å². The second-order valence-corrected chi connectivity index (χ2v) is 6.03. The third-order valence-corrected chi connectivity index (χ3v) is 4.56. The molecule has 5 nitrogen and oxygen atoms in total. The molecule has 1 amide bonds. The molecule has 2 aliphatic rings. The molecular weight excluding hydrogens is 266 g/mol. The number of aliphatic hydroxyl groups is 1. The summed E-state index contributed by atoms with van der Waals surface area (Å²) in [7, 11) is 0. The van der Waals surface area contributed by atoms with Crippen LogP contribution in [0.5, 0.6) is 0 Å².